The second kappa shape index (κ2) is 7.99. The van der Waals surface area contributed by atoms with Crippen molar-refractivity contribution in [3.8, 4) is 0 Å². The van der Waals surface area contributed by atoms with Crippen LogP contribution < -0.4 is 0 Å². The molecule has 1 aromatic carbocycles. The van der Waals surface area contributed by atoms with Crippen molar-refractivity contribution in [1.82, 2.24) is 15.0 Å². The Bertz CT molecular complexity index is 802. The molecule has 1 atom stereocenters. The largest absolute Gasteiger partial charge is 0.183 e. The van der Waals surface area contributed by atoms with E-state index < -0.39 is 0 Å². The van der Waals surface area contributed by atoms with E-state index in [9.17, 15) is 0 Å². The predicted octanol–water partition coefficient (Wildman–Crippen LogP) is 6.62. The number of hydrogen-bond acceptors (Lipinski definition) is 4. The molecule has 0 saturated carbocycles. The number of nitrogens with zero attached hydrogens (tertiary/aromatic N) is 5. The van der Waals surface area contributed by atoms with Crippen molar-refractivity contribution in [2.75, 3.05) is 0 Å². The van der Waals surface area contributed by atoms with E-state index in [2.05, 4.69) is 50.3 Å². The van der Waals surface area contributed by atoms with Gasteiger partial charge in [0, 0.05) is 11.1 Å². The van der Waals surface area contributed by atoms with Crippen LogP contribution in [0.3, 0.4) is 0 Å². The molecule has 0 radical (unpaired) electrons. The van der Waals surface area contributed by atoms with Crippen LogP contribution in [0.1, 0.15) is 90.2 Å². The van der Waals surface area contributed by atoms with Crippen LogP contribution in [0.4, 0.5) is 11.4 Å². The van der Waals surface area contributed by atoms with Crippen LogP contribution >= 0.6 is 0 Å². The highest BCUT2D eigenvalue weighted by Crippen LogP contribution is 2.48. The summed E-state index contributed by atoms with van der Waals surface area (Å²) in [5, 5.41) is 9.89. The van der Waals surface area contributed by atoms with Crippen LogP contribution in [0.15, 0.2) is 8.73 Å². The average Bonchev–Trinajstić information content (AvgIpc) is 3.21. The molecule has 0 amide bonds. The number of rotatable bonds is 8. The minimum absolute atomic E-state index is 0.345. The monoisotopic (exact) mass is 373 g/mol. The summed E-state index contributed by atoms with van der Waals surface area (Å²) in [5.74, 6) is 1.33. The first kappa shape index (κ1) is 19.2. The number of aromatic nitrogens is 3. The van der Waals surface area contributed by atoms with Crippen molar-refractivity contribution in [1.29, 1.82) is 0 Å². The molecule has 0 N–H and O–H groups in total. The summed E-state index contributed by atoms with van der Waals surface area (Å²) in [6.07, 6.45) is 4.94. The maximum Gasteiger partial charge on any atom is 0.119 e. The number of hydrogen-bond donors (Lipinski definition) is 0. The summed E-state index contributed by atoms with van der Waals surface area (Å²) in [5.41, 5.74) is 6.48. The lowest BCUT2D eigenvalue weighted by atomic mass is 9.91. The Morgan fingerprint density at radius 2 is 1.42 bits per heavy atom. The summed E-state index contributed by atoms with van der Waals surface area (Å²) >= 11 is 1.30. The highest BCUT2D eigenvalue weighted by atomic mass is 32.1. The zero-order valence-corrected chi connectivity index (χ0v) is 17.7. The Kier molecular flexibility index (Phi) is 5.90. The Morgan fingerprint density at radius 3 is 1.85 bits per heavy atom. The topological polar surface area (TPSA) is 55.4 Å². The smallest absolute Gasteiger partial charge is 0.119 e. The van der Waals surface area contributed by atoms with Gasteiger partial charge in [0.15, 0.2) is 0 Å². The van der Waals surface area contributed by atoms with Crippen molar-refractivity contribution in [3.63, 3.8) is 0 Å². The van der Waals surface area contributed by atoms with E-state index in [0.29, 0.717) is 17.8 Å². The molecule has 3 rings (SSSR count). The molecule has 6 heteroatoms. The minimum Gasteiger partial charge on any atom is -0.183 e. The van der Waals surface area contributed by atoms with Crippen LogP contribution in [0.25, 0.3) is 11.0 Å². The van der Waals surface area contributed by atoms with Gasteiger partial charge in [-0.05, 0) is 24.2 Å². The van der Waals surface area contributed by atoms with Gasteiger partial charge in [0.1, 0.15) is 22.4 Å². The van der Waals surface area contributed by atoms with Gasteiger partial charge in [-0.3, -0.25) is 0 Å². The first-order valence-electron chi connectivity index (χ1n) is 10.0. The molecule has 2 heterocycles. The van der Waals surface area contributed by atoms with Gasteiger partial charge >= 0.3 is 0 Å². The Morgan fingerprint density at radius 1 is 0.885 bits per heavy atom. The number of fused-ring (bicyclic) bond motifs is 2. The summed E-state index contributed by atoms with van der Waals surface area (Å²) in [6, 6.07) is 0. The minimum atomic E-state index is 0.345. The van der Waals surface area contributed by atoms with Crippen LogP contribution in [0, 0.1) is 5.92 Å². The lowest BCUT2D eigenvalue weighted by Gasteiger charge is -2.15. The molecule has 1 aliphatic heterocycles. The maximum atomic E-state index is 4.94. The molecule has 5 nitrogen and oxygen atoms in total. The molecule has 26 heavy (non-hydrogen) atoms. The highest BCUT2D eigenvalue weighted by Gasteiger charge is 2.27. The van der Waals surface area contributed by atoms with Gasteiger partial charge in [-0.2, -0.15) is 23.7 Å². The fourth-order valence-electron chi connectivity index (χ4n) is 3.80. The first-order chi connectivity index (χ1) is 12.5. The molecule has 142 valence electrons. The second-order valence-corrected chi connectivity index (χ2v) is 8.50. The van der Waals surface area contributed by atoms with Gasteiger partial charge in [0.05, 0.1) is 17.9 Å². The zero-order chi connectivity index (χ0) is 18.8. The Hall–Kier alpha value is -1.56. The van der Waals surface area contributed by atoms with Crippen LogP contribution in [0.5, 0.6) is 0 Å². The van der Waals surface area contributed by atoms with E-state index in [1.54, 1.807) is 0 Å². The molecule has 1 aliphatic rings. The molecular formula is C20H31N5S. The Labute approximate surface area is 160 Å². The van der Waals surface area contributed by atoms with Crippen LogP contribution in [-0.2, 0) is 17.9 Å². The van der Waals surface area contributed by atoms with Gasteiger partial charge < -0.3 is 0 Å². The molecule has 2 aromatic rings. The zero-order valence-electron chi connectivity index (χ0n) is 16.9. The third-order valence-corrected chi connectivity index (χ3v) is 5.81. The van der Waals surface area contributed by atoms with Crippen molar-refractivity contribution in [2.45, 2.75) is 85.6 Å². The molecule has 0 spiro atoms. The lowest BCUT2D eigenvalue weighted by Crippen LogP contribution is -2.12. The molecule has 1 aromatic heterocycles. The quantitative estimate of drug-likeness (QED) is 0.445. The molecule has 0 bridgehead atoms. The van der Waals surface area contributed by atoms with E-state index in [1.807, 2.05) is 4.80 Å². The molecular weight excluding hydrogens is 342 g/mol. The van der Waals surface area contributed by atoms with Crippen molar-refractivity contribution in [2.24, 2.45) is 14.6 Å². The Balaban J connectivity index is 2.12. The fourth-order valence-corrected chi connectivity index (χ4v) is 4.37. The average molecular weight is 374 g/mol. The molecule has 0 fully saturated rings. The third-order valence-electron chi connectivity index (χ3n) is 5.28. The lowest BCUT2D eigenvalue weighted by molar-refractivity contribution is 0.351. The standard InChI is InChI=1S/C20H31N5S/c1-7-9-10-14(8-2)11-25-21-17-15(12(3)4)19-20(24-26-23-19)16(13(5)6)18(17)22-25/h12-14H,7-11H2,1-6H3. The third kappa shape index (κ3) is 3.48. The highest BCUT2D eigenvalue weighted by molar-refractivity contribution is 7.58. The van der Waals surface area contributed by atoms with Crippen LogP contribution in [0.2, 0.25) is 0 Å². The predicted molar refractivity (Wildman–Crippen MR) is 111 cm³/mol. The van der Waals surface area contributed by atoms with E-state index in [4.69, 9.17) is 10.2 Å². The van der Waals surface area contributed by atoms with E-state index in [1.165, 1.54) is 48.2 Å². The summed E-state index contributed by atoms with van der Waals surface area (Å²) in [6.45, 7) is 14.2. The summed E-state index contributed by atoms with van der Waals surface area (Å²) in [7, 11) is 0. The van der Waals surface area contributed by atoms with Crippen molar-refractivity contribution in [3.05, 3.63) is 11.1 Å². The van der Waals surface area contributed by atoms with E-state index >= 15 is 0 Å². The molecule has 0 aliphatic carbocycles. The number of benzene rings is 1. The van der Waals surface area contributed by atoms with E-state index in [-0.39, 0.29) is 0 Å². The maximum absolute atomic E-state index is 4.94. The fraction of sp³-hybridized carbons (Fsp3) is 0.700. The van der Waals surface area contributed by atoms with Gasteiger partial charge in [-0.15, -0.1) is 0 Å². The first-order valence-corrected chi connectivity index (χ1v) is 10.7. The SMILES string of the molecule is CCCCC(CC)Cn1nc2c(C(C)C)c3c(c(C(C)C)c2n1)N=S=N3. The summed E-state index contributed by atoms with van der Waals surface area (Å²) in [4.78, 5) is 1.94. The molecule has 0 saturated heterocycles. The van der Waals surface area contributed by atoms with E-state index in [0.717, 1.165) is 29.0 Å². The van der Waals surface area contributed by atoms with Crippen LogP contribution in [-0.4, -0.2) is 15.0 Å². The van der Waals surface area contributed by atoms with Crippen molar-refractivity contribution < 1.29 is 0 Å². The van der Waals surface area contributed by atoms with Gasteiger partial charge in [-0.25, -0.2) is 0 Å². The van der Waals surface area contributed by atoms with Crippen molar-refractivity contribution >= 4 is 33.8 Å². The van der Waals surface area contributed by atoms with Gasteiger partial charge in [0.25, 0.3) is 0 Å². The molecule has 1 unspecified atom stereocenters. The van der Waals surface area contributed by atoms with Gasteiger partial charge in [0.2, 0.25) is 0 Å². The normalized spacial score (nSPS) is 14.5. The second-order valence-electron chi connectivity index (χ2n) is 7.97. The summed E-state index contributed by atoms with van der Waals surface area (Å²) < 4.78 is 9.23. The van der Waals surface area contributed by atoms with Gasteiger partial charge in [-0.1, -0.05) is 60.8 Å². The number of unbranched alkanes of at least 4 members (excludes halogenated alkanes) is 1.